The molecule has 0 aliphatic carbocycles. The van der Waals surface area contributed by atoms with Gasteiger partial charge in [0.15, 0.2) is 0 Å². The van der Waals surface area contributed by atoms with Gasteiger partial charge in [0.2, 0.25) is 5.91 Å². The number of thiazole rings is 1. The SMILES string of the molecule is CCN(CC)C(=O)CN(C)Cc1csc(-c2ccc(C(F)(F)F)cc2)n1. The van der Waals surface area contributed by atoms with E-state index in [0.29, 0.717) is 36.8 Å². The molecule has 0 aliphatic rings. The second kappa shape index (κ2) is 8.64. The van der Waals surface area contributed by atoms with Crippen molar-refractivity contribution in [1.29, 1.82) is 0 Å². The largest absolute Gasteiger partial charge is 0.416 e. The number of nitrogens with zero attached hydrogens (tertiary/aromatic N) is 3. The molecule has 2 rings (SSSR count). The van der Waals surface area contributed by atoms with Gasteiger partial charge < -0.3 is 4.90 Å². The molecule has 8 heteroatoms. The topological polar surface area (TPSA) is 36.4 Å². The molecule has 0 bridgehead atoms. The van der Waals surface area contributed by atoms with Crippen LogP contribution in [-0.2, 0) is 17.5 Å². The second-order valence-corrected chi connectivity index (χ2v) is 6.82. The Morgan fingerprint density at radius 2 is 1.77 bits per heavy atom. The van der Waals surface area contributed by atoms with Gasteiger partial charge in [0.25, 0.3) is 0 Å². The molecule has 1 amide bonds. The predicted molar refractivity (Wildman–Crippen MR) is 96.8 cm³/mol. The minimum absolute atomic E-state index is 0.0655. The molecule has 2 aromatic rings. The number of carbonyl (C=O) groups is 1. The smallest absolute Gasteiger partial charge is 0.342 e. The number of carbonyl (C=O) groups excluding carboxylic acids is 1. The molecule has 1 aromatic carbocycles. The van der Waals surface area contributed by atoms with Crippen LogP contribution in [0.4, 0.5) is 13.2 Å². The normalized spacial score (nSPS) is 11.8. The number of amides is 1. The average molecular weight is 385 g/mol. The van der Waals surface area contributed by atoms with Gasteiger partial charge in [-0.2, -0.15) is 13.2 Å². The molecule has 0 spiro atoms. The van der Waals surface area contributed by atoms with E-state index < -0.39 is 11.7 Å². The van der Waals surface area contributed by atoms with E-state index in [2.05, 4.69) is 4.98 Å². The highest BCUT2D eigenvalue weighted by Crippen LogP contribution is 2.31. The molecule has 0 atom stereocenters. The lowest BCUT2D eigenvalue weighted by molar-refractivity contribution is -0.137. The summed E-state index contributed by atoms with van der Waals surface area (Å²) in [6.07, 6.45) is -4.34. The lowest BCUT2D eigenvalue weighted by Crippen LogP contribution is -2.38. The lowest BCUT2D eigenvalue weighted by atomic mass is 10.1. The fraction of sp³-hybridized carbons (Fsp3) is 0.444. The molecule has 0 saturated heterocycles. The first-order chi connectivity index (χ1) is 12.2. The summed E-state index contributed by atoms with van der Waals surface area (Å²) in [6.45, 7) is 6.05. The standard InChI is InChI=1S/C18H22F3N3OS/c1-4-24(5-2)16(25)11-23(3)10-15-12-26-17(22-15)13-6-8-14(9-7-13)18(19,20)21/h6-9,12H,4-5,10-11H2,1-3H3. The summed E-state index contributed by atoms with van der Waals surface area (Å²) in [6, 6.07) is 4.98. The highest BCUT2D eigenvalue weighted by atomic mass is 32.1. The van der Waals surface area contributed by atoms with Gasteiger partial charge in [0.1, 0.15) is 5.01 Å². The Kier molecular flexibility index (Phi) is 6.77. The Bertz CT molecular complexity index is 724. The zero-order valence-electron chi connectivity index (χ0n) is 15.0. The van der Waals surface area contributed by atoms with E-state index in [-0.39, 0.29) is 5.91 Å². The molecule has 0 fully saturated rings. The lowest BCUT2D eigenvalue weighted by Gasteiger charge is -2.22. The summed E-state index contributed by atoms with van der Waals surface area (Å²) in [4.78, 5) is 20.2. The molecule has 0 unspecified atom stereocenters. The summed E-state index contributed by atoms with van der Waals surface area (Å²) in [5.74, 6) is 0.0655. The van der Waals surface area contributed by atoms with Crippen molar-refractivity contribution in [2.45, 2.75) is 26.6 Å². The van der Waals surface area contributed by atoms with Crippen molar-refractivity contribution in [3.05, 3.63) is 40.9 Å². The Morgan fingerprint density at radius 3 is 2.31 bits per heavy atom. The van der Waals surface area contributed by atoms with Crippen molar-refractivity contribution in [3.63, 3.8) is 0 Å². The number of likely N-dealkylation sites (N-methyl/N-ethyl adjacent to an activating group) is 2. The van der Waals surface area contributed by atoms with Crippen molar-refractivity contribution in [1.82, 2.24) is 14.8 Å². The Morgan fingerprint density at radius 1 is 1.15 bits per heavy atom. The maximum absolute atomic E-state index is 12.6. The molecule has 26 heavy (non-hydrogen) atoms. The van der Waals surface area contributed by atoms with E-state index in [4.69, 9.17) is 0 Å². The molecular weight excluding hydrogens is 363 g/mol. The molecule has 0 saturated carbocycles. The monoisotopic (exact) mass is 385 g/mol. The summed E-state index contributed by atoms with van der Waals surface area (Å²) < 4.78 is 37.9. The Balaban J connectivity index is 2.00. The van der Waals surface area contributed by atoms with E-state index >= 15 is 0 Å². The van der Waals surface area contributed by atoms with Gasteiger partial charge in [-0.15, -0.1) is 11.3 Å². The first kappa shape index (κ1) is 20.4. The maximum Gasteiger partial charge on any atom is 0.416 e. The van der Waals surface area contributed by atoms with Crippen molar-refractivity contribution in [2.24, 2.45) is 0 Å². The van der Waals surface area contributed by atoms with E-state index in [1.54, 1.807) is 4.90 Å². The van der Waals surface area contributed by atoms with E-state index in [1.807, 2.05) is 31.2 Å². The van der Waals surface area contributed by atoms with Crippen molar-refractivity contribution >= 4 is 17.2 Å². The van der Waals surface area contributed by atoms with Crippen molar-refractivity contribution < 1.29 is 18.0 Å². The molecule has 142 valence electrons. The van der Waals surface area contributed by atoms with E-state index in [9.17, 15) is 18.0 Å². The summed E-state index contributed by atoms with van der Waals surface area (Å²) >= 11 is 1.38. The first-order valence-corrected chi connectivity index (χ1v) is 9.20. The molecule has 0 radical (unpaired) electrons. The maximum atomic E-state index is 12.6. The molecule has 1 heterocycles. The number of halogens is 3. The van der Waals surface area contributed by atoms with Gasteiger partial charge in [0, 0.05) is 30.6 Å². The zero-order valence-corrected chi connectivity index (χ0v) is 15.8. The van der Waals surface area contributed by atoms with Crippen LogP contribution in [0.1, 0.15) is 25.1 Å². The van der Waals surface area contributed by atoms with Gasteiger partial charge in [-0.25, -0.2) is 4.98 Å². The van der Waals surface area contributed by atoms with Crippen LogP contribution in [-0.4, -0.2) is 47.4 Å². The zero-order chi connectivity index (χ0) is 19.3. The number of hydrogen-bond donors (Lipinski definition) is 0. The molecular formula is C18H22F3N3OS. The van der Waals surface area contributed by atoms with Crippen LogP contribution < -0.4 is 0 Å². The first-order valence-electron chi connectivity index (χ1n) is 8.33. The third-order valence-corrected chi connectivity index (χ3v) is 4.90. The highest BCUT2D eigenvalue weighted by molar-refractivity contribution is 7.13. The molecule has 1 aromatic heterocycles. The van der Waals surface area contributed by atoms with Crippen molar-refractivity contribution in [3.8, 4) is 10.6 Å². The fourth-order valence-electron chi connectivity index (χ4n) is 2.55. The van der Waals surface area contributed by atoms with Crippen LogP contribution in [0.5, 0.6) is 0 Å². The third kappa shape index (κ3) is 5.28. The van der Waals surface area contributed by atoms with Crippen LogP contribution >= 0.6 is 11.3 Å². The number of rotatable bonds is 7. The Labute approximate surface area is 155 Å². The number of alkyl halides is 3. The highest BCUT2D eigenvalue weighted by Gasteiger charge is 2.30. The molecule has 4 nitrogen and oxygen atoms in total. The quantitative estimate of drug-likeness (QED) is 0.719. The van der Waals surface area contributed by atoms with Crippen LogP contribution in [0, 0.1) is 0 Å². The number of aromatic nitrogens is 1. The van der Waals surface area contributed by atoms with Crippen LogP contribution in [0.15, 0.2) is 29.6 Å². The van der Waals surface area contributed by atoms with Gasteiger partial charge in [-0.3, -0.25) is 9.69 Å². The minimum Gasteiger partial charge on any atom is -0.342 e. The number of benzene rings is 1. The Hall–Kier alpha value is -1.93. The van der Waals surface area contributed by atoms with Crippen LogP contribution in [0.2, 0.25) is 0 Å². The minimum atomic E-state index is -4.34. The van der Waals surface area contributed by atoms with Gasteiger partial charge in [-0.1, -0.05) is 12.1 Å². The average Bonchev–Trinajstić information content (AvgIpc) is 3.03. The summed E-state index contributed by atoms with van der Waals surface area (Å²) in [5.41, 5.74) is 0.767. The molecule has 0 aliphatic heterocycles. The second-order valence-electron chi connectivity index (χ2n) is 5.96. The summed E-state index contributed by atoms with van der Waals surface area (Å²) in [7, 11) is 1.85. The van der Waals surface area contributed by atoms with Gasteiger partial charge in [0.05, 0.1) is 17.8 Å². The third-order valence-electron chi connectivity index (χ3n) is 3.96. The number of hydrogen-bond acceptors (Lipinski definition) is 4. The van der Waals surface area contributed by atoms with Gasteiger partial charge in [-0.05, 0) is 33.0 Å². The predicted octanol–water partition coefficient (Wildman–Crippen LogP) is 4.13. The molecule has 0 N–H and O–H groups in total. The van der Waals surface area contributed by atoms with E-state index in [0.717, 1.165) is 17.8 Å². The van der Waals surface area contributed by atoms with Crippen molar-refractivity contribution in [2.75, 3.05) is 26.7 Å². The van der Waals surface area contributed by atoms with Crippen LogP contribution in [0.3, 0.4) is 0 Å². The summed E-state index contributed by atoms with van der Waals surface area (Å²) in [5, 5.41) is 2.53. The fourth-order valence-corrected chi connectivity index (χ4v) is 3.37. The van der Waals surface area contributed by atoms with Gasteiger partial charge >= 0.3 is 6.18 Å². The van der Waals surface area contributed by atoms with E-state index in [1.165, 1.54) is 23.5 Å². The van der Waals surface area contributed by atoms with Crippen LogP contribution in [0.25, 0.3) is 10.6 Å².